The number of benzene rings is 1. The molecule has 0 aliphatic heterocycles. The lowest BCUT2D eigenvalue weighted by atomic mass is 10.1. The first-order valence-electron chi connectivity index (χ1n) is 6.87. The quantitative estimate of drug-likeness (QED) is 0.781. The third-order valence-electron chi connectivity index (χ3n) is 3.17. The molecule has 0 spiro atoms. The number of methoxy groups -OCH3 is 1. The van der Waals surface area contributed by atoms with E-state index in [1.165, 1.54) is 0 Å². The lowest BCUT2D eigenvalue weighted by Crippen LogP contribution is -2.02. The van der Waals surface area contributed by atoms with Gasteiger partial charge in [-0.1, -0.05) is 0 Å². The van der Waals surface area contributed by atoms with Gasteiger partial charge in [-0.3, -0.25) is 0 Å². The van der Waals surface area contributed by atoms with Crippen LogP contribution >= 0.6 is 11.3 Å². The Labute approximate surface area is 133 Å². The zero-order valence-corrected chi connectivity index (χ0v) is 13.2. The zero-order chi connectivity index (χ0) is 15.4. The van der Waals surface area contributed by atoms with Crippen molar-refractivity contribution < 1.29 is 4.74 Å². The zero-order valence-electron chi connectivity index (χ0n) is 12.4. The maximum atomic E-state index is 5.15. The molecule has 2 heterocycles. The molecule has 1 N–H and O–H groups in total. The summed E-state index contributed by atoms with van der Waals surface area (Å²) in [6.07, 6.45) is 0. The summed E-state index contributed by atoms with van der Waals surface area (Å²) in [5.41, 5.74) is 2.86. The van der Waals surface area contributed by atoms with Gasteiger partial charge in [0.25, 0.3) is 0 Å². The van der Waals surface area contributed by atoms with E-state index in [0.29, 0.717) is 6.54 Å². The number of rotatable bonds is 5. The molecule has 0 saturated heterocycles. The monoisotopic (exact) mass is 312 g/mol. The van der Waals surface area contributed by atoms with Crippen LogP contribution in [0, 0.1) is 6.92 Å². The molecule has 3 rings (SSSR count). The molecule has 0 aliphatic carbocycles. The molecule has 22 heavy (non-hydrogen) atoms. The van der Waals surface area contributed by atoms with Crippen molar-refractivity contribution >= 4 is 17.2 Å². The molecule has 0 amide bonds. The van der Waals surface area contributed by atoms with Crippen molar-refractivity contribution in [3.8, 4) is 17.0 Å². The minimum Gasteiger partial charge on any atom is -0.497 e. The van der Waals surface area contributed by atoms with Crippen LogP contribution in [0.1, 0.15) is 10.7 Å². The van der Waals surface area contributed by atoms with Crippen LogP contribution in [0.5, 0.6) is 5.75 Å². The summed E-state index contributed by atoms with van der Waals surface area (Å²) < 4.78 is 5.15. The normalized spacial score (nSPS) is 10.5. The molecule has 0 unspecified atom stereocenters. The van der Waals surface area contributed by atoms with E-state index in [4.69, 9.17) is 4.74 Å². The molecule has 112 valence electrons. The van der Waals surface area contributed by atoms with Gasteiger partial charge in [-0.2, -0.15) is 0 Å². The smallest absolute Gasteiger partial charge is 0.149 e. The first kappa shape index (κ1) is 14.5. The second kappa shape index (κ2) is 6.53. The minimum absolute atomic E-state index is 0.654. The summed E-state index contributed by atoms with van der Waals surface area (Å²) in [4.78, 5) is 4.40. The molecule has 0 saturated carbocycles. The van der Waals surface area contributed by atoms with Gasteiger partial charge in [0.05, 0.1) is 30.1 Å². The van der Waals surface area contributed by atoms with Gasteiger partial charge in [-0.05, 0) is 43.3 Å². The summed E-state index contributed by atoms with van der Waals surface area (Å²) in [5, 5.41) is 14.8. The van der Waals surface area contributed by atoms with Gasteiger partial charge in [0.15, 0.2) is 0 Å². The van der Waals surface area contributed by atoms with Crippen molar-refractivity contribution in [1.29, 1.82) is 0 Å². The topological polar surface area (TPSA) is 59.9 Å². The third-order valence-corrected chi connectivity index (χ3v) is 3.99. The molecule has 6 heteroatoms. The van der Waals surface area contributed by atoms with Crippen LogP contribution in [0.4, 0.5) is 5.82 Å². The third kappa shape index (κ3) is 3.40. The van der Waals surface area contributed by atoms with E-state index in [1.807, 2.05) is 48.7 Å². The van der Waals surface area contributed by atoms with Crippen molar-refractivity contribution in [3.05, 3.63) is 52.5 Å². The summed E-state index contributed by atoms with van der Waals surface area (Å²) in [7, 11) is 1.65. The Hall–Kier alpha value is -2.47. The summed E-state index contributed by atoms with van der Waals surface area (Å²) in [6, 6.07) is 11.6. The first-order chi connectivity index (χ1) is 10.7. The maximum absolute atomic E-state index is 5.15. The van der Waals surface area contributed by atoms with E-state index in [9.17, 15) is 0 Å². The van der Waals surface area contributed by atoms with Crippen LogP contribution in [0.2, 0.25) is 0 Å². The second-order valence-corrected chi connectivity index (χ2v) is 5.81. The average molecular weight is 312 g/mol. The van der Waals surface area contributed by atoms with E-state index in [2.05, 4.69) is 20.5 Å². The second-order valence-electron chi connectivity index (χ2n) is 4.74. The number of hydrogen-bond donors (Lipinski definition) is 1. The van der Waals surface area contributed by atoms with E-state index < -0.39 is 0 Å². The van der Waals surface area contributed by atoms with Crippen molar-refractivity contribution in [2.75, 3.05) is 12.4 Å². The number of anilines is 1. The highest BCUT2D eigenvalue weighted by Crippen LogP contribution is 2.20. The van der Waals surface area contributed by atoms with Crippen molar-refractivity contribution in [1.82, 2.24) is 15.2 Å². The fourth-order valence-corrected chi connectivity index (χ4v) is 2.63. The van der Waals surface area contributed by atoms with Crippen LogP contribution in [0.3, 0.4) is 0 Å². The number of hydrogen-bond acceptors (Lipinski definition) is 6. The van der Waals surface area contributed by atoms with E-state index in [0.717, 1.165) is 33.5 Å². The van der Waals surface area contributed by atoms with E-state index >= 15 is 0 Å². The van der Waals surface area contributed by atoms with E-state index in [1.54, 1.807) is 18.4 Å². The molecule has 1 aromatic carbocycles. The molecular formula is C16H16N4OS. The van der Waals surface area contributed by atoms with Crippen LogP contribution in [-0.2, 0) is 6.54 Å². The van der Waals surface area contributed by atoms with E-state index in [-0.39, 0.29) is 0 Å². The molecule has 0 radical (unpaired) electrons. The summed E-state index contributed by atoms with van der Waals surface area (Å²) in [6.45, 7) is 2.65. The van der Waals surface area contributed by atoms with Crippen molar-refractivity contribution in [2.45, 2.75) is 13.5 Å². The van der Waals surface area contributed by atoms with Gasteiger partial charge in [0.2, 0.25) is 0 Å². The van der Waals surface area contributed by atoms with Crippen LogP contribution < -0.4 is 10.1 Å². The molecule has 5 nitrogen and oxygen atoms in total. The minimum atomic E-state index is 0.654. The average Bonchev–Trinajstić information content (AvgIpc) is 2.99. The molecule has 0 fully saturated rings. The van der Waals surface area contributed by atoms with Gasteiger partial charge in [0, 0.05) is 10.9 Å². The van der Waals surface area contributed by atoms with Crippen LogP contribution in [0.15, 0.2) is 41.8 Å². The fraction of sp³-hybridized carbons (Fsp3) is 0.188. The Balaban J connectivity index is 1.66. The van der Waals surface area contributed by atoms with Gasteiger partial charge < -0.3 is 10.1 Å². The number of ether oxygens (including phenoxy) is 1. The summed E-state index contributed by atoms with van der Waals surface area (Å²) in [5.74, 6) is 1.57. The number of aromatic nitrogens is 3. The SMILES string of the molecule is COc1ccc(-c2ccc(NCc3csc(C)n3)nn2)cc1. The lowest BCUT2D eigenvalue weighted by Gasteiger charge is -2.05. The van der Waals surface area contributed by atoms with Gasteiger partial charge in [-0.25, -0.2) is 4.98 Å². The molecule has 2 aromatic heterocycles. The van der Waals surface area contributed by atoms with Gasteiger partial charge in [0.1, 0.15) is 11.6 Å². The summed E-state index contributed by atoms with van der Waals surface area (Å²) >= 11 is 1.64. The molecular weight excluding hydrogens is 296 g/mol. The highest BCUT2D eigenvalue weighted by atomic mass is 32.1. The van der Waals surface area contributed by atoms with Crippen LogP contribution in [-0.4, -0.2) is 22.3 Å². The van der Waals surface area contributed by atoms with Crippen molar-refractivity contribution in [3.63, 3.8) is 0 Å². The molecule has 0 bridgehead atoms. The highest BCUT2D eigenvalue weighted by molar-refractivity contribution is 7.09. The number of thiazole rings is 1. The predicted octanol–water partition coefficient (Wildman–Crippen LogP) is 3.53. The Bertz CT molecular complexity index is 738. The largest absolute Gasteiger partial charge is 0.497 e. The van der Waals surface area contributed by atoms with Crippen molar-refractivity contribution in [2.24, 2.45) is 0 Å². The van der Waals surface area contributed by atoms with Gasteiger partial charge in [-0.15, -0.1) is 21.5 Å². The molecule has 0 atom stereocenters. The predicted molar refractivity (Wildman–Crippen MR) is 88.2 cm³/mol. The Morgan fingerprint density at radius 1 is 1.09 bits per heavy atom. The highest BCUT2D eigenvalue weighted by Gasteiger charge is 2.03. The Morgan fingerprint density at radius 3 is 2.50 bits per heavy atom. The van der Waals surface area contributed by atoms with Crippen LogP contribution in [0.25, 0.3) is 11.3 Å². The standard InChI is InChI=1S/C16H16N4OS/c1-11-18-13(10-22-11)9-17-16-8-7-15(19-20-16)12-3-5-14(21-2)6-4-12/h3-8,10H,9H2,1-2H3,(H,17,20). The molecule has 3 aromatic rings. The number of aryl methyl sites for hydroxylation is 1. The fourth-order valence-electron chi connectivity index (χ4n) is 2.01. The number of nitrogens with one attached hydrogen (secondary N) is 1. The maximum Gasteiger partial charge on any atom is 0.149 e. The lowest BCUT2D eigenvalue weighted by molar-refractivity contribution is 0.415. The number of nitrogens with zero attached hydrogens (tertiary/aromatic N) is 3. The Kier molecular flexibility index (Phi) is 4.29. The van der Waals surface area contributed by atoms with Gasteiger partial charge >= 0.3 is 0 Å². The first-order valence-corrected chi connectivity index (χ1v) is 7.75. The Morgan fingerprint density at radius 2 is 1.91 bits per heavy atom. The molecule has 0 aliphatic rings.